The molecule has 0 aliphatic carbocycles. The summed E-state index contributed by atoms with van der Waals surface area (Å²) in [5, 5.41) is 2.91. The standard InChI is InChI=1S/C24H26N2O3S/c1-18-8-14-23(15-9-18)30(28,29)26(3)22-12-10-21(11-13-22)24(27)25-17-16-20-7-5-4-6-19(20)2/h4-15H,16-17H2,1-3H3,(H,25,27). The lowest BCUT2D eigenvalue weighted by Crippen LogP contribution is -2.27. The first-order valence-electron chi connectivity index (χ1n) is 9.77. The number of amides is 1. The molecule has 0 radical (unpaired) electrons. The SMILES string of the molecule is Cc1ccc(S(=O)(=O)N(C)c2ccc(C(=O)NCCc3ccccc3C)cc2)cc1. The van der Waals surface area contributed by atoms with Crippen molar-refractivity contribution in [1.29, 1.82) is 0 Å². The number of hydrogen-bond acceptors (Lipinski definition) is 3. The predicted octanol–water partition coefficient (Wildman–Crippen LogP) is 4.10. The summed E-state index contributed by atoms with van der Waals surface area (Å²) in [5.41, 5.74) is 4.39. The van der Waals surface area contributed by atoms with Crippen molar-refractivity contribution in [3.05, 3.63) is 95.1 Å². The first kappa shape index (κ1) is 21.6. The summed E-state index contributed by atoms with van der Waals surface area (Å²) in [6, 6.07) is 21.4. The van der Waals surface area contributed by atoms with E-state index < -0.39 is 10.0 Å². The van der Waals surface area contributed by atoms with Crippen molar-refractivity contribution in [3.8, 4) is 0 Å². The molecule has 30 heavy (non-hydrogen) atoms. The maximum atomic E-state index is 12.8. The number of nitrogens with zero attached hydrogens (tertiary/aromatic N) is 1. The number of hydrogen-bond donors (Lipinski definition) is 1. The van der Waals surface area contributed by atoms with Gasteiger partial charge in [-0.15, -0.1) is 0 Å². The normalized spacial score (nSPS) is 11.2. The van der Waals surface area contributed by atoms with Gasteiger partial charge in [-0.05, 0) is 67.8 Å². The van der Waals surface area contributed by atoms with Gasteiger partial charge in [-0.3, -0.25) is 9.10 Å². The fraction of sp³-hybridized carbons (Fsp3) is 0.208. The van der Waals surface area contributed by atoms with Gasteiger partial charge in [-0.2, -0.15) is 0 Å². The Kier molecular flexibility index (Phi) is 6.57. The minimum Gasteiger partial charge on any atom is -0.352 e. The third-order valence-corrected chi connectivity index (χ3v) is 6.91. The van der Waals surface area contributed by atoms with E-state index in [2.05, 4.69) is 24.4 Å². The molecular weight excluding hydrogens is 396 g/mol. The van der Waals surface area contributed by atoms with Crippen LogP contribution in [0.3, 0.4) is 0 Å². The lowest BCUT2D eigenvalue weighted by atomic mass is 10.1. The Morgan fingerprint density at radius 1 is 0.900 bits per heavy atom. The molecule has 0 fully saturated rings. The van der Waals surface area contributed by atoms with Gasteiger partial charge in [-0.25, -0.2) is 8.42 Å². The van der Waals surface area contributed by atoms with E-state index in [4.69, 9.17) is 0 Å². The van der Waals surface area contributed by atoms with E-state index >= 15 is 0 Å². The quantitative estimate of drug-likeness (QED) is 0.623. The van der Waals surface area contributed by atoms with Crippen LogP contribution in [0, 0.1) is 13.8 Å². The van der Waals surface area contributed by atoms with Crippen molar-refractivity contribution < 1.29 is 13.2 Å². The summed E-state index contributed by atoms with van der Waals surface area (Å²) < 4.78 is 26.8. The largest absolute Gasteiger partial charge is 0.352 e. The van der Waals surface area contributed by atoms with Crippen LogP contribution >= 0.6 is 0 Å². The van der Waals surface area contributed by atoms with Crippen molar-refractivity contribution in [2.75, 3.05) is 17.9 Å². The highest BCUT2D eigenvalue weighted by molar-refractivity contribution is 7.92. The maximum absolute atomic E-state index is 12.8. The lowest BCUT2D eigenvalue weighted by molar-refractivity contribution is 0.0954. The number of carbonyl (C=O) groups excluding carboxylic acids is 1. The summed E-state index contributed by atoms with van der Waals surface area (Å²) in [4.78, 5) is 12.6. The average molecular weight is 423 g/mol. The summed E-state index contributed by atoms with van der Waals surface area (Å²) in [7, 11) is -2.15. The van der Waals surface area contributed by atoms with Crippen molar-refractivity contribution in [2.45, 2.75) is 25.2 Å². The van der Waals surface area contributed by atoms with Crippen LogP contribution in [0.5, 0.6) is 0 Å². The number of anilines is 1. The Labute approximate surface area is 178 Å². The van der Waals surface area contributed by atoms with Crippen LogP contribution in [0.1, 0.15) is 27.0 Å². The first-order valence-corrected chi connectivity index (χ1v) is 11.2. The van der Waals surface area contributed by atoms with Gasteiger partial charge in [0, 0.05) is 19.2 Å². The number of nitrogens with one attached hydrogen (secondary N) is 1. The molecule has 0 aliphatic rings. The van der Waals surface area contributed by atoms with Gasteiger partial charge in [0.25, 0.3) is 15.9 Å². The molecule has 0 heterocycles. The molecule has 6 heteroatoms. The topological polar surface area (TPSA) is 66.5 Å². The number of aryl methyl sites for hydroxylation is 2. The second-order valence-corrected chi connectivity index (χ2v) is 9.23. The highest BCUT2D eigenvalue weighted by Crippen LogP contribution is 2.22. The van der Waals surface area contributed by atoms with Crippen LogP contribution < -0.4 is 9.62 Å². The van der Waals surface area contributed by atoms with E-state index in [0.717, 1.165) is 12.0 Å². The Balaban J connectivity index is 1.64. The monoisotopic (exact) mass is 422 g/mol. The molecule has 156 valence electrons. The van der Waals surface area contributed by atoms with Crippen LogP contribution in [-0.4, -0.2) is 27.9 Å². The molecule has 1 amide bonds. The molecule has 0 aliphatic heterocycles. The molecule has 5 nitrogen and oxygen atoms in total. The highest BCUT2D eigenvalue weighted by atomic mass is 32.2. The van der Waals surface area contributed by atoms with Gasteiger partial charge in [0.05, 0.1) is 10.6 Å². The Bertz CT molecular complexity index is 1120. The van der Waals surface area contributed by atoms with Gasteiger partial charge in [0.1, 0.15) is 0 Å². The Hall–Kier alpha value is -3.12. The highest BCUT2D eigenvalue weighted by Gasteiger charge is 2.21. The van der Waals surface area contributed by atoms with Crippen molar-refractivity contribution >= 4 is 21.6 Å². The molecule has 3 rings (SSSR count). The Morgan fingerprint density at radius 3 is 2.17 bits per heavy atom. The number of carbonyl (C=O) groups is 1. The zero-order valence-corrected chi connectivity index (χ0v) is 18.2. The third kappa shape index (κ3) is 4.89. The fourth-order valence-electron chi connectivity index (χ4n) is 3.13. The summed E-state index contributed by atoms with van der Waals surface area (Å²) in [6.45, 7) is 4.50. The third-order valence-electron chi connectivity index (χ3n) is 5.11. The van der Waals surface area contributed by atoms with E-state index in [1.165, 1.54) is 22.5 Å². The summed E-state index contributed by atoms with van der Waals surface area (Å²) in [5.74, 6) is -0.181. The number of benzene rings is 3. The van der Waals surface area contributed by atoms with Crippen molar-refractivity contribution in [1.82, 2.24) is 5.32 Å². The van der Waals surface area contributed by atoms with Crippen molar-refractivity contribution in [2.24, 2.45) is 0 Å². The molecule has 3 aromatic carbocycles. The lowest BCUT2D eigenvalue weighted by Gasteiger charge is -2.20. The minimum absolute atomic E-state index is 0.181. The molecule has 1 N–H and O–H groups in total. The number of rotatable bonds is 7. The zero-order chi connectivity index (χ0) is 21.7. The van der Waals surface area contributed by atoms with Crippen LogP contribution in [0.2, 0.25) is 0 Å². The van der Waals surface area contributed by atoms with E-state index in [1.807, 2.05) is 19.1 Å². The van der Waals surface area contributed by atoms with Crippen LogP contribution in [-0.2, 0) is 16.4 Å². The van der Waals surface area contributed by atoms with Crippen LogP contribution in [0.25, 0.3) is 0 Å². The van der Waals surface area contributed by atoms with E-state index in [0.29, 0.717) is 17.8 Å². The molecule has 0 unspecified atom stereocenters. The van der Waals surface area contributed by atoms with Gasteiger partial charge in [0.15, 0.2) is 0 Å². The smallest absolute Gasteiger partial charge is 0.264 e. The molecule has 0 saturated heterocycles. The second kappa shape index (κ2) is 9.13. The van der Waals surface area contributed by atoms with E-state index in [9.17, 15) is 13.2 Å². The predicted molar refractivity (Wildman–Crippen MR) is 120 cm³/mol. The zero-order valence-electron chi connectivity index (χ0n) is 17.4. The summed E-state index contributed by atoms with van der Waals surface area (Å²) in [6.07, 6.45) is 0.758. The van der Waals surface area contributed by atoms with Gasteiger partial charge < -0.3 is 5.32 Å². The molecule has 3 aromatic rings. The first-order chi connectivity index (χ1) is 14.3. The van der Waals surface area contributed by atoms with Crippen molar-refractivity contribution in [3.63, 3.8) is 0 Å². The molecule has 0 aromatic heterocycles. The Morgan fingerprint density at radius 2 is 1.53 bits per heavy atom. The van der Waals surface area contributed by atoms with Crippen LogP contribution in [0.15, 0.2) is 77.7 Å². The average Bonchev–Trinajstić information content (AvgIpc) is 2.75. The second-order valence-electron chi connectivity index (χ2n) is 7.26. The van der Waals surface area contributed by atoms with E-state index in [1.54, 1.807) is 48.5 Å². The fourth-order valence-corrected chi connectivity index (χ4v) is 4.33. The number of sulfonamides is 1. The van der Waals surface area contributed by atoms with Crippen LogP contribution in [0.4, 0.5) is 5.69 Å². The summed E-state index contributed by atoms with van der Waals surface area (Å²) >= 11 is 0. The van der Waals surface area contributed by atoms with Gasteiger partial charge in [0.2, 0.25) is 0 Å². The van der Waals surface area contributed by atoms with Gasteiger partial charge in [-0.1, -0.05) is 42.0 Å². The maximum Gasteiger partial charge on any atom is 0.264 e. The molecule has 0 atom stereocenters. The molecule has 0 saturated carbocycles. The molecule has 0 bridgehead atoms. The van der Waals surface area contributed by atoms with E-state index in [-0.39, 0.29) is 10.8 Å². The molecular formula is C24H26N2O3S. The molecule has 0 spiro atoms. The minimum atomic E-state index is -3.66. The van der Waals surface area contributed by atoms with Gasteiger partial charge >= 0.3 is 0 Å².